The number of carbonyl (C=O) groups is 1. The van der Waals surface area contributed by atoms with Gasteiger partial charge in [-0.1, -0.05) is 11.6 Å². The van der Waals surface area contributed by atoms with Crippen molar-refractivity contribution in [2.75, 3.05) is 13.2 Å². The molecule has 0 bridgehead atoms. The van der Waals surface area contributed by atoms with E-state index >= 15 is 0 Å². The van der Waals surface area contributed by atoms with Gasteiger partial charge in [-0.15, -0.1) is 0 Å². The predicted octanol–water partition coefficient (Wildman–Crippen LogP) is 1.70. The number of nitrogens with two attached hydrogens (primary N) is 1. The van der Waals surface area contributed by atoms with E-state index in [-0.39, 0.29) is 26.1 Å². The Kier molecular flexibility index (Phi) is 4.70. The summed E-state index contributed by atoms with van der Waals surface area (Å²) in [4.78, 5) is 11.8. The molecule has 20 heavy (non-hydrogen) atoms. The lowest BCUT2D eigenvalue weighted by Gasteiger charge is -2.12. The van der Waals surface area contributed by atoms with Crippen LogP contribution in [-0.2, 0) is 19.5 Å². The molecule has 110 valence electrons. The topological polar surface area (TPSA) is 95.7 Å². The highest BCUT2D eigenvalue weighted by Crippen LogP contribution is 2.30. The number of ether oxygens (including phenoxy) is 2. The molecule has 0 aromatic heterocycles. The van der Waals surface area contributed by atoms with Crippen LogP contribution in [0.25, 0.3) is 0 Å². The van der Waals surface area contributed by atoms with Gasteiger partial charge in [0.25, 0.3) is 0 Å². The Labute approximate surface area is 129 Å². The van der Waals surface area contributed by atoms with Gasteiger partial charge in [0.15, 0.2) is 0 Å². The number of carbonyl (C=O) groups excluding carboxylic acids is 1. The molecule has 1 aliphatic heterocycles. The number of rotatable bonds is 3. The second kappa shape index (κ2) is 5.98. The Morgan fingerprint density at radius 1 is 1.50 bits per heavy atom. The Balaban J connectivity index is 2.34. The number of esters is 1. The molecule has 1 atom stereocenters. The van der Waals surface area contributed by atoms with Crippen molar-refractivity contribution >= 4 is 43.5 Å². The van der Waals surface area contributed by atoms with Crippen LogP contribution in [0.3, 0.4) is 0 Å². The quantitative estimate of drug-likeness (QED) is 0.800. The van der Waals surface area contributed by atoms with E-state index in [9.17, 15) is 13.2 Å². The first-order valence-electron chi connectivity index (χ1n) is 5.59. The fourth-order valence-electron chi connectivity index (χ4n) is 1.70. The molecular formula is C11H11BrClNO5S. The van der Waals surface area contributed by atoms with Crippen LogP contribution in [0.2, 0.25) is 5.02 Å². The van der Waals surface area contributed by atoms with Crippen LogP contribution in [-0.4, -0.2) is 33.7 Å². The zero-order valence-corrected chi connectivity index (χ0v) is 13.3. The molecule has 1 aromatic rings. The Bertz CT molecular complexity index is 642. The van der Waals surface area contributed by atoms with E-state index < -0.39 is 16.0 Å². The molecule has 2 N–H and O–H groups in total. The number of sulfonamides is 1. The van der Waals surface area contributed by atoms with Gasteiger partial charge in [0.05, 0.1) is 28.7 Å². The molecule has 1 fully saturated rings. The Hall–Kier alpha value is -0.670. The van der Waals surface area contributed by atoms with Crippen molar-refractivity contribution in [3.05, 3.63) is 27.2 Å². The summed E-state index contributed by atoms with van der Waals surface area (Å²) in [5.41, 5.74) is -0.0584. The van der Waals surface area contributed by atoms with Crippen LogP contribution in [0.15, 0.2) is 21.5 Å². The first kappa shape index (κ1) is 15.7. The van der Waals surface area contributed by atoms with Crippen molar-refractivity contribution < 1.29 is 22.7 Å². The summed E-state index contributed by atoms with van der Waals surface area (Å²) >= 11 is 9.07. The number of hydrogen-bond donors (Lipinski definition) is 1. The highest BCUT2D eigenvalue weighted by atomic mass is 79.9. The molecule has 2 rings (SSSR count). The molecule has 6 nitrogen and oxygen atoms in total. The van der Waals surface area contributed by atoms with Crippen LogP contribution >= 0.6 is 27.5 Å². The minimum Gasteiger partial charge on any atom is -0.456 e. The lowest BCUT2D eigenvalue weighted by atomic mass is 10.2. The van der Waals surface area contributed by atoms with E-state index in [2.05, 4.69) is 15.9 Å². The van der Waals surface area contributed by atoms with E-state index in [1.165, 1.54) is 6.07 Å². The van der Waals surface area contributed by atoms with Crippen molar-refractivity contribution in [3.8, 4) is 0 Å². The molecule has 0 aliphatic carbocycles. The molecule has 9 heteroatoms. The fourth-order valence-corrected chi connectivity index (χ4v) is 3.06. The second-order valence-electron chi connectivity index (χ2n) is 4.20. The van der Waals surface area contributed by atoms with Crippen LogP contribution in [0.5, 0.6) is 0 Å². The summed E-state index contributed by atoms with van der Waals surface area (Å²) in [5.74, 6) is -0.711. The van der Waals surface area contributed by atoms with Gasteiger partial charge in [-0.3, -0.25) is 0 Å². The molecule has 1 aliphatic rings. The summed E-state index contributed by atoms with van der Waals surface area (Å²) in [6.45, 7) is 0.839. The third-order valence-corrected chi connectivity index (χ3v) is 4.87. The first-order chi connectivity index (χ1) is 9.29. The van der Waals surface area contributed by atoms with Gasteiger partial charge in [0.2, 0.25) is 10.0 Å². The van der Waals surface area contributed by atoms with Gasteiger partial charge >= 0.3 is 5.97 Å². The minimum atomic E-state index is -3.95. The Morgan fingerprint density at radius 2 is 2.20 bits per heavy atom. The predicted molar refractivity (Wildman–Crippen MR) is 75.2 cm³/mol. The molecule has 0 saturated carbocycles. The van der Waals surface area contributed by atoms with E-state index in [0.717, 1.165) is 6.07 Å². The molecule has 0 amide bonds. The first-order valence-corrected chi connectivity index (χ1v) is 8.31. The van der Waals surface area contributed by atoms with Gasteiger partial charge in [0, 0.05) is 10.9 Å². The van der Waals surface area contributed by atoms with Gasteiger partial charge in [-0.05, 0) is 28.1 Å². The van der Waals surface area contributed by atoms with E-state index in [1.807, 2.05) is 0 Å². The van der Waals surface area contributed by atoms with Crippen LogP contribution in [0, 0.1) is 0 Å². The zero-order chi connectivity index (χ0) is 14.9. The maximum absolute atomic E-state index is 12.0. The number of primary sulfonamides is 1. The highest BCUT2D eigenvalue weighted by Gasteiger charge is 2.24. The van der Waals surface area contributed by atoms with Crippen LogP contribution in [0.4, 0.5) is 0 Å². The molecule has 0 radical (unpaired) electrons. The van der Waals surface area contributed by atoms with E-state index in [1.54, 1.807) is 0 Å². The summed E-state index contributed by atoms with van der Waals surface area (Å²) in [6, 6.07) is 2.33. The number of benzene rings is 1. The molecule has 1 saturated heterocycles. The molecule has 1 aromatic carbocycles. The van der Waals surface area contributed by atoms with Crippen molar-refractivity contribution in [1.82, 2.24) is 0 Å². The largest absolute Gasteiger partial charge is 0.456 e. The lowest BCUT2D eigenvalue weighted by Crippen LogP contribution is -2.19. The average molecular weight is 385 g/mol. The standard InChI is InChI=1S/C11H11BrClNO5S/c12-9-4-7(20(14,16)17)3-8(10(9)13)11(15)19-6-1-2-18-5-6/h3-4,6H,1-2,5H2,(H2,14,16,17). The van der Waals surface area contributed by atoms with Gasteiger partial charge in [-0.2, -0.15) is 0 Å². The van der Waals surface area contributed by atoms with Crippen LogP contribution < -0.4 is 5.14 Å². The Morgan fingerprint density at radius 3 is 2.75 bits per heavy atom. The molecule has 0 spiro atoms. The van der Waals surface area contributed by atoms with Crippen molar-refractivity contribution in [3.63, 3.8) is 0 Å². The summed E-state index contributed by atoms with van der Waals surface area (Å²) in [5, 5.41) is 5.12. The lowest BCUT2D eigenvalue weighted by molar-refractivity contribution is 0.0270. The zero-order valence-electron chi connectivity index (χ0n) is 10.1. The van der Waals surface area contributed by atoms with Crippen molar-refractivity contribution in [2.45, 2.75) is 17.4 Å². The molecule has 1 heterocycles. The van der Waals surface area contributed by atoms with Crippen molar-refractivity contribution in [1.29, 1.82) is 0 Å². The molecule has 1 unspecified atom stereocenters. The minimum absolute atomic E-state index is 0.0584. The third kappa shape index (κ3) is 3.50. The number of hydrogen-bond acceptors (Lipinski definition) is 5. The van der Waals surface area contributed by atoms with Gasteiger partial charge < -0.3 is 9.47 Å². The average Bonchev–Trinajstić information content (AvgIpc) is 2.83. The fraction of sp³-hybridized carbons (Fsp3) is 0.364. The third-order valence-electron chi connectivity index (χ3n) is 2.71. The van der Waals surface area contributed by atoms with Gasteiger partial charge in [0.1, 0.15) is 6.10 Å². The maximum atomic E-state index is 12.0. The smallest absolute Gasteiger partial charge is 0.340 e. The summed E-state index contributed by atoms with van der Waals surface area (Å²) in [6.07, 6.45) is 0.245. The number of halogens is 2. The van der Waals surface area contributed by atoms with E-state index in [4.69, 9.17) is 26.2 Å². The monoisotopic (exact) mass is 383 g/mol. The van der Waals surface area contributed by atoms with Crippen molar-refractivity contribution in [2.24, 2.45) is 5.14 Å². The van der Waals surface area contributed by atoms with Gasteiger partial charge in [-0.25, -0.2) is 18.4 Å². The summed E-state index contributed by atoms with van der Waals surface area (Å²) < 4.78 is 33.3. The van der Waals surface area contributed by atoms with E-state index in [0.29, 0.717) is 19.6 Å². The maximum Gasteiger partial charge on any atom is 0.340 e. The van der Waals surface area contributed by atoms with Crippen LogP contribution in [0.1, 0.15) is 16.8 Å². The highest BCUT2D eigenvalue weighted by molar-refractivity contribution is 9.10. The molecular weight excluding hydrogens is 374 g/mol. The second-order valence-corrected chi connectivity index (χ2v) is 7.00. The normalized spacial score (nSPS) is 19.1. The SMILES string of the molecule is NS(=O)(=O)c1cc(Br)c(Cl)c(C(=O)OC2CCOC2)c1. The summed E-state index contributed by atoms with van der Waals surface area (Å²) in [7, 11) is -3.95.